The summed E-state index contributed by atoms with van der Waals surface area (Å²) in [6, 6.07) is -0.213. The van der Waals surface area contributed by atoms with Crippen LogP contribution >= 0.6 is 0 Å². The second-order valence-electron chi connectivity index (χ2n) is 2.90. The van der Waals surface area contributed by atoms with Gasteiger partial charge in [0.25, 0.3) is 0 Å². The van der Waals surface area contributed by atoms with Crippen molar-refractivity contribution in [2.24, 2.45) is 0 Å². The maximum atomic E-state index is 11.2. The molecule has 0 spiro atoms. The van der Waals surface area contributed by atoms with Crippen molar-refractivity contribution in [3.05, 3.63) is 12.7 Å². The Morgan fingerprint density at radius 3 is 2.71 bits per heavy atom. The molecule has 0 aromatic carbocycles. The van der Waals surface area contributed by atoms with Gasteiger partial charge in [0.1, 0.15) is 0 Å². The van der Waals surface area contributed by atoms with Gasteiger partial charge in [0.15, 0.2) is 0 Å². The summed E-state index contributed by atoms with van der Waals surface area (Å²) in [5, 5.41) is 10.9. The normalized spacial score (nSPS) is 9.21. The van der Waals surface area contributed by atoms with Crippen LogP contribution in [-0.4, -0.2) is 42.1 Å². The van der Waals surface area contributed by atoms with Crippen molar-refractivity contribution in [3.63, 3.8) is 0 Å². The number of rotatable bonds is 6. The molecule has 0 saturated carbocycles. The smallest absolute Gasteiger partial charge is 0.317 e. The fourth-order valence-corrected chi connectivity index (χ4v) is 0.846. The largest absolute Gasteiger partial charge is 0.481 e. The van der Waals surface area contributed by atoms with Crippen LogP contribution in [0.1, 0.15) is 12.8 Å². The van der Waals surface area contributed by atoms with Crippen LogP contribution in [0.25, 0.3) is 0 Å². The second-order valence-corrected chi connectivity index (χ2v) is 2.90. The van der Waals surface area contributed by atoms with Crippen LogP contribution in [-0.2, 0) is 4.79 Å². The van der Waals surface area contributed by atoms with Crippen LogP contribution in [0.4, 0.5) is 4.79 Å². The number of likely N-dealkylation sites (N-methyl/N-ethyl adjacent to an activating group) is 1. The Kier molecular flexibility index (Phi) is 6.19. The molecule has 2 N–H and O–H groups in total. The Morgan fingerprint density at radius 2 is 2.21 bits per heavy atom. The van der Waals surface area contributed by atoms with Gasteiger partial charge >= 0.3 is 12.0 Å². The lowest BCUT2D eigenvalue weighted by Crippen LogP contribution is -2.37. The summed E-state index contributed by atoms with van der Waals surface area (Å²) in [5.74, 6) is -0.848. The van der Waals surface area contributed by atoms with Crippen LogP contribution in [0.15, 0.2) is 12.7 Å². The Bertz CT molecular complexity index is 216. The Morgan fingerprint density at radius 1 is 1.57 bits per heavy atom. The standard InChI is InChI=1S/C9H16N2O3/c1-3-7-11(2)9(14)10-6-4-5-8(12)13/h3H,1,4-7H2,2H3,(H,10,14)(H,12,13). The number of carboxylic acids is 1. The number of carboxylic acid groups (broad SMARTS) is 1. The summed E-state index contributed by atoms with van der Waals surface area (Å²) < 4.78 is 0. The molecule has 0 aliphatic heterocycles. The van der Waals surface area contributed by atoms with Crippen molar-refractivity contribution in [1.82, 2.24) is 10.2 Å². The zero-order chi connectivity index (χ0) is 11.0. The molecule has 0 atom stereocenters. The Hall–Kier alpha value is -1.52. The van der Waals surface area contributed by atoms with Gasteiger partial charge in [0.05, 0.1) is 0 Å². The summed E-state index contributed by atoms with van der Waals surface area (Å²) in [4.78, 5) is 22.8. The van der Waals surface area contributed by atoms with E-state index in [1.807, 2.05) is 0 Å². The van der Waals surface area contributed by atoms with Crippen LogP contribution in [0, 0.1) is 0 Å². The first-order valence-corrected chi connectivity index (χ1v) is 4.39. The first kappa shape index (κ1) is 12.5. The van der Waals surface area contributed by atoms with Gasteiger partial charge < -0.3 is 15.3 Å². The lowest BCUT2D eigenvalue weighted by atomic mass is 10.3. The van der Waals surface area contributed by atoms with E-state index in [0.29, 0.717) is 19.5 Å². The highest BCUT2D eigenvalue weighted by molar-refractivity contribution is 5.74. The Balaban J connectivity index is 3.53. The van der Waals surface area contributed by atoms with Crippen molar-refractivity contribution in [1.29, 1.82) is 0 Å². The van der Waals surface area contributed by atoms with Gasteiger partial charge in [-0.05, 0) is 6.42 Å². The van der Waals surface area contributed by atoms with Crippen molar-refractivity contribution in [2.75, 3.05) is 20.1 Å². The molecule has 0 fully saturated rings. The summed E-state index contributed by atoms with van der Waals surface area (Å²) in [7, 11) is 1.65. The first-order chi connectivity index (χ1) is 6.57. The third-order valence-corrected chi connectivity index (χ3v) is 1.59. The van der Waals surface area contributed by atoms with E-state index in [0.717, 1.165) is 0 Å². The highest BCUT2D eigenvalue weighted by atomic mass is 16.4. The summed E-state index contributed by atoms with van der Waals surface area (Å²) in [6.07, 6.45) is 2.14. The Labute approximate surface area is 83.4 Å². The molecule has 0 bridgehead atoms. The SMILES string of the molecule is C=CCN(C)C(=O)NCCCC(=O)O. The highest BCUT2D eigenvalue weighted by Crippen LogP contribution is 1.88. The highest BCUT2D eigenvalue weighted by Gasteiger charge is 2.05. The molecule has 5 nitrogen and oxygen atoms in total. The fraction of sp³-hybridized carbons (Fsp3) is 0.556. The lowest BCUT2D eigenvalue weighted by Gasteiger charge is -2.15. The predicted molar refractivity (Wildman–Crippen MR) is 53.1 cm³/mol. The molecule has 0 saturated heterocycles. The van der Waals surface area contributed by atoms with E-state index in [4.69, 9.17) is 5.11 Å². The van der Waals surface area contributed by atoms with E-state index in [-0.39, 0.29) is 12.5 Å². The fourth-order valence-electron chi connectivity index (χ4n) is 0.846. The number of carbonyl (C=O) groups excluding carboxylic acids is 1. The molecule has 2 amide bonds. The van der Waals surface area contributed by atoms with E-state index < -0.39 is 5.97 Å². The van der Waals surface area contributed by atoms with Gasteiger partial charge in [-0.1, -0.05) is 6.08 Å². The summed E-state index contributed by atoms with van der Waals surface area (Å²) >= 11 is 0. The number of nitrogens with zero attached hydrogens (tertiary/aromatic N) is 1. The van der Waals surface area contributed by atoms with Gasteiger partial charge in [-0.3, -0.25) is 4.79 Å². The average molecular weight is 200 g/mol. The molecular formula is C9H16N2O3. The molecule has 0 aromatic rings. The van der Waals surface area contributed by atoms with Crippen LogP contribution in [0.3, 0.4) is 0 Å². The third kappa shape index (κ3) is 6.05. The molecule has 0 heterocycles. The number of aliphatic carboxylic acids is 1. The minimum atomic E-state index is -0.848. The van der Waals surface area contributed by atoms with E-state index in [1.54, 1.807) is 13.1 Å². The van der Waals surface area contributed by atoms with E-state index >= 15 is 0 Å². The molecule has 80 valence electrons. The second kappa shape index (κ2) is 6.94. The summed E-state index contributed by atoms with van der Waals surface area (Å²) in [6.45, 7) is 4.36. The molecule has 5 heteroatoms. The molecule has 14 heavy (non-hydrogen) atoms. The maximum absolute atomic E-state index is 11.2. The number of carbonyl (C=O) groups is 2. The molecule has 0 rings (SSSR count). The van der Waals surface area contributed by atoms with Crippen molar-refractivity contribution in [2.45, 2.75) is 12.8 Å². The molecule has 0 aliphatic carbocycles. The van der Waals surface area contributed by atoms with Crippen molar-refractivity contribution >= 4 is 12.0 Å². The van der Waals surface area contributed by atoms with E-state index in [1.165, 1.54) is 4.90 Å². The predicted octanol–water partition coefficient (Wildman–Crippen LogP) is 0.679. The van der Waals surface area contributed by atoms with Gasteiger partial charge in [-0.25, -0.2) is 4.79 Å². The molecule has 0 aromatic heterocycles. The van der Waals surface area contributed by atoms with Gasteiger partial charge in [0, 0.05) is 26.6 Å². The molecular weight excluding hydrogens is 184 g/mol. The molecule has 0 unspecified atom stereocenters. The zero-order valence-corrected chi connectivity index (χ0v) is 8.32. The minimum Gasteiger partial charge on any atom is -0.481 e. The number of urea groups is 1. The summed E-state index contributed by atoms with van der Waals surface area (Å²) in [5.41, 5.74) is 0. The lowest BCUT2D eigenvalue weighted by molar-refractivity contribution is -0.137. The monoisotopic (exact) mass is 200 g/mol. The number of nitrogens with one attached hydrogen (secondary N) is 1. The van der Waals surface area contributed by atoms with Crippen LogP contribution < -0.4 is 5.32 Å². The zero-order valence-electron chi connectivity index (χ0n) is 8.32. The average Bonchev–Trinajstić information content (AvgIpc) is 2.12. The van der Waals surface area contributed by atoms with Crippen LogP contribution in [0.5, 0.6) is 0 Å². The quantitative estimate of drug-likeness (QED) is 0.489. The topological polar surface area (TPSA) is 69.6 Å². The van der Waals surface area contributed by atoms with Crippen molar-refractivity contribution < 1.29 is 14.7 Å². The van der Waals surface area contributed by atoms with Gasteiger partial charge in [-0.2, -0.15) is 0 Å². The van der Waals surface area contributed by atoms with Crippen molar-refractivity contribution in [3.8, 4) is 0 Å². The third-order valence-electron chi connectivity index (χ3n) is 1.59. The minimum absolute atomic E-state index is 0.0749. The van der Waals surface area contributed by atoms with E-state index in [9.17, 15) is 9.59 Å². The van der Waals surface area contributed by atoms with Gasteiger partial charge in [0.2, 0.25) is 0 Å². The number of hydrogen-bond acceptors (Lipinski definition) is 2. The van der Waals surface area contributed by atoms with Crippen LogP contribution in [0.2, 0.25) is 0 Å². The van der Waals surface area contributed by atoms with Gasteiger partial charge in [-0.15, -0.1) is 6.58 Å². The maximum Gasteiger partial charge on any atom is 0.317 e. The molecule has 0 aliphatic rings. The number of amides is 2. The number of hydrogen-bond donors (Lipinski definition) is 2. The first-order valence-electron chi connectivity index (χ1n) is 4.39. The van der Waals surface area contributed by atoms with E-state index in [2.05, 4.69) is 11.9 Å². The molecule has 0 radical (unpaired) electrons.